The number of carbonyl (C=O) groups excluding carboxylic acids is 3. The zero-order chi connectivity index (χ0) is 27.0. The van der Waals surface area contributed by atoms with Crippen LogP contribution in [0.5, 0.6) is 0 Å². The Bertz CT molecular complexity index is 1320. The molecule has 2 aliphatic rings. The number of nitrogens with zero attached hydrogens (tertiary/aromatic N) is 1. The van der Waals surface area contributed by atoms with E-state index in [4.69, 9.17) is 4.74 Å². The summed E-state index contributed by atoms with van der Waals surface area (Å²) in [6, 6.07) is 12.2. The number of nitrogens with one attached hydrogen (secondary N) is 2. The zero-order valence-electron chi connectivity index (χ0n) is 21.5. The molecule has 0 unspecified atom stereocenters. The molecule has 1 saturated carbocycles. The van der Waals surface area contributed by atoms with Crippen molar-refractivity contribution in [1.82, 2.24) is 4.31 Å². The second kappa shape index (κ2) is 9.90. The molecule has 1 aliphatic carbocycles. The number of esters is 1. The topological polar surface area (TPSA) is 122 Å². The Morgan fingerprint density at radius 3 is 2.30 bits per heavy atom. The maximum absolute atomic E-state index is 13.5. The van der Waals surface area contributed by atoms with Crippen LogP contribution >= 0.6 is 0 Å². The van der Waals surface area contributed by atoms with Crippen molar-refractivity contribution in [2.45, 2.75) is 57.9 Å². The highest BCUT2D eigenvalue weighted by Crippen LogP contribution is 2.53. The molecule has 0 spiro atoms. The van der Waals surface area contributed by atoms with Crippen molar-refractivity contribution in [3.8, 4) is 0 Å². The molecule has 0 radical (unpaired) electrons. The van der Waals surface area contributed by atoms with E-state index in [0.717, 1.165) is 19.3 Å². The van der Waals surface area contributed by atoms with Gasteiger partial charge < -0.3 is 15.4 Å². The molecule has 2 N–H and O–H groups in total. The maximum Gasteiger partial charge on any atom is 0.338 e. The van der Waals surface area contributed by atoms with Crippen LogP contribution in [0.15, 0.2) is 53.4 Å². The number of amides is 2. The third-order valence-corrected chi connectivity index (χ3v) is 8.76. The Kier molecular flexibility index (Phi) is 7.18. The fourth-order valence-corrected chi connectivity index (χ4v) is 7.68. The third kappa shape index (κ3) is 6.19. The van der Waals surface area contributed by atoms with Crippen LogP contribution < -0.4 is 10.6 Å². The fourth-order valence-electron chi connectivity index (χ4n) is 5.86. The minimum absolute atomic E-state index is 0.0413. The molecule has 37 heavy (non-hydrogen) atoms. The molecule has 2 fully saturated rings. The van der Waals surface area contributed by atoms with Gasteiger partial charge in [-0.2, -0.15) is 4.31 Å². The van der Waals surface area contributed by atoms with E-state index in [0.29, 0.717) is 17.9 Å². The number of ether oxygens (including phenoxy) is 1. The number of hydrogen-bond acceptors (Lipinski definition) is 6. The number of anilines is 2. The van der Waals surface area contributed by atoms with Crippen LogP contribution in [0, 0.1) is 10.8 Å². The number of fused-ring (bicyclic) bond motifs is 2. The summed E-state index contributed by atoms with van der Waals surface area (Å²) < 4.78 is 33.8. The van der Waals surface area contributed by atoms with Crippen molar-refractivity contribution in [3.63, 3.8) is 0 Å². The van der Waals surface area contributed by atoms with E-state index in [-0.39, 0.29) is 33.2 Å². The first kappa shape index (κ1) is 26.8. The number of rotatable bonds is 7. The molecule has 2 aromatic carbocycles. The highest BCUT2D eigenvalue weighted by atomic mass is 32.2. The van der Waals surface area contributed by atoms with Gasteiger partial charge in [-0.25, -0.2) is 13.2 Å². The average Bonchev–Trinajstić information content (AvgIpc) is 3.07. The van der Waals surface area contributed by atoms with Crippen molar-refractivity contribution in [1.29, 1.82) is 0 Å². The molecule has 2 amide bonds. The minimum atomic E-state index is -3.80. The van der Waals surface area contributed by atoms with Gasteiger partial charge in [0, 0.05) is 30.9 Å². The first-order chi connectivity index (χ1) is 17.3. The Morgan fingerprint density at radius 2 is 1.65 bits per heavy atom. The second-order valence-corrected chi connectivity index (χ2v) is 13.1. The monoisotopic (exact) mass is 527 g/mol. The molecule has 2 bridgehead atoms. The lowest BCUT2D eigenvalue weighted by molar-refractivity contribution is -0.119. The summed E-state index contributed by atoms with van der Waals surface area (Å²) in [4.78, 5) is 36.0. The molecule has 1 saturated heterocycles. The van der Waals surface area contributed by atoms with Gasteiger partial charge in [0.05, 0.1) is 10.5 Å². The normalized spacial score (nSPS) is 22.8. The summed E-state index contributed by atoms with van der Waals surface area (Å²) in [5.41, 5.74) is 1.12. The Labute approximate surface area is 217 Å². The quantitative estimate of drug-likeness (QED) is 0.525. The highest BCUT2D eigenvalue weighted by Gasteiger charge is 2.53. The number of benzene rings is 2. The van der Waals surface area contributed by atoms with Gasteiger partial charge in [0.1, 0.15) is 0 Å². The van der Waals surface area contributed by atoms with Crippen molar-refractivity contribution < 1.29 is 27.5 Å². The summed E-state index contributed by atoms with van der Waals surface area (Å²) in [7, 11) is -3.80. The summed E-state index contributed by atoms with van der Waals surface area (Å²) in [5, 5.41) is 5.23. The van der Waals surface area contributed by atoms with Crippen molar-refractivity contribution in [3.05, 3.63) is 54.1 Å². The largest absolute Gasteiger partial charge is 0.452 e. The van der Waals surface area contributed by atoms with Crippen molar-refractivity contribution >= 4 is 39.2 Å². The van der Waals surface area contributed by atoms with Gasteiger partial charge in [-0.15, -0.1) is 0 Å². The lowest BCUT2D eigenvalue weighted by atomic mass is 9.65. The maximum atomic E-state index is 13.5. The molecular formula is C27H33N3O6S. The Morgan fingerprint density at radius 1 is 1.00 bits per heavy atom. The fraction of sp³-hybridized carbons (Fsp3) is 0.444. The van der Waals surface area contributed by atoms with Crippen LogP contribution in [-0.2, 0) is 24.3 Å². The molecule has 0 aromatic heterocycles. The van der Waals surface area contributed by atoms with Crippen molar-refractivity contribution in [2.75, 3.05) is 23.8 Å². The number of hydrogen-bond donors (Lipinski definition) is 2. The predicted molar refractivity (Wildman–Crippen MR) is 140 cm³/mol. The SMILES string of the molecule is CC(=O)Nc1ccc(NC(=O)COC(=O)c2cccc(S(=O)(=O)N3C[C@@]4(C)C[C@H]3CC(C)(C)C4)c2)cc1. The van der Waals surface area contributed by atoms with Crippen LogP contribution in [0.25, 0.3) is 0 Å². The molecule has 4 rings (SSSR count). The Balaban J connectivity index is 1.38. The van der Waals surface area contributed by atoms with E-state index in [2.05, 4.69) is 31.4 Å². The summed E-state index contributed by atoms with van der Waals surface area (Å²) in [6.45, 7) is 7.83. The van der Waals surface area contributed by atoms with E-state index in [1.807, 2.05) is 0 Å². The second-order valence-electron chi connectivity index (χ2n) is 11.2. The van der Waals surface area contributed by atoms with E-state index < -0.39 is 28.5 Å². The summed E-state index contributed by atoms with van der Waals surface area (Å²) in [6.07, 6.45) is 2.60. The van der Waals surface area contributed by atoms with Crippen LogP contribution in [-0.4, -0.2) is 49.7 Å². The van der Waals surface area contributed by atoms with Gasteiger partial charge in [0.2, 0.25) is 15.9 Å². The zero-order valence-corrected chi connectivity index (χ0v) is 22.4. The minimum Gasteiger partial charge on any atom is -0.452 e. The average molecular weight is 528 g/mol. The molecule has 198 valence electrons. The van der Waals surface area contributed by atoms with Gasteiger partial charge in [-0.3, -0.25) is 9.59 Å². The summed E-state index contributed by atoms with van der Waals surface area (Å²) in [5.74, 6) is -1.55. The smallest absolute Gasteiger partial charge is 0.338 e. The molecule has 9 nitrogen and oxygen atoms in total. The van der Waals surface area contributed by atoms with E-state index >= 15 is 0 Å². The lowest BCUT2D eigenvalue weighted by Gasteiger charge is -2.39. The summed E-state index contributed by atoms with van der Waals surface area (Å²) >= 11 is 0. The van der Waals surface area contributed by atoms with Crippen LogP contribution in [0.3, 0.4) is 0 Å². The van der Waals surface area contributed by atoms with Crippen molar-refractivity contribution in [2.24, 2.45) is 10.8 Å². The van der Waals surface area contributed by atoms with Crippen LogP contribution in [0.4, 0.5) is 11.4 Å². The molecule has 2 atom stereocenters. The van der Waals surface area contributed by atoms with Gasteiger partial charge in [0.15, 0.2) is 6.61 Å². The number of carbonyl (C=O) groups is 3. The van der Waals surface area contributed by atoms with Crippen LogP contribution in [0.2, 0.25) is 0 Å². The Hall–Kier alpha value is -3.24. The highest BCUT2D eigenvalue weighted by molar-refractivity contribution is 7.89. The van der Waals surface area contributed by atoms with E-state index in [1.165, 1.54) is 31.2 Å². The van der Waals surface area contributed by atoms with Gasteiger partial charge in [-0.1, -0.05) is 26.8 Å². The van der Waals surface area contributed by atoms with Gasteiger partial charge in [-0.05, 0) is 72.6 Å². The predicted octanol–water partition coefficient (Wildman–Crippen LogP) is 4.03. The van der Waals surface area contributed by atoms with E-state index in [1.54, 1.807) is 28.6 Å². The molecule has 2 aromatic rings. The molecule has 1 heterocycles. The molecule has 1 aliphatic heterocycles. The number of sulfonamides is 1. The molecular weight excluding hydrogens is 494 g/mol. The third-order valence-electron chi connectivity index (χ3n) is 6.87. The first-order valence-corrected chi connectivity index (χ1v) is 13.7. The van der Waals surface area contributed by atoms with Gasteiger partial charge in [0.25, 0.3) is 5.91 Å². The first-order valence-electron chi connectivity index (χ1n) is 12.2. The molecule has 10 heteroatoms. The van der Waals surface area contributed by atoms with E-state index in [9.17, 15) is 22.8 Å². The van der Waals surface area contributed by atoms with Gasteiger partial charge >= 0.3 is 5.97 Å². The standard InChI is InChI=1S/C27H33N3O6S/c1-18(31)28-20-8-10-21(11-9-20)29-24(32)15-36-25(33)19-6-5-7-23(12-19)37(34,35)30-17-27(4)14-22(30)13-26(2,3)16-27/h5-12,22H,13-17H2,1-4H3,(H,28,31)(H,29,32)/t22-,27+/m1/s1. The lowest BCUT2D eigenvalue weighted by Crippen LogP contribution is -2.37. The van der Waals surface area contributed by atoms with Crippen LogP contribution in [0.1, 0.15) is 57.3 Å².